The minimum absolute atomic E-state index is 0.190. The highest BCUT2D eigenvalue weighted by Gasteiger charge is 2.08. The summed E-state index contributed by atoms with van der Waals surface area (Å²) < 4.78 is 5.23. The fourth-order valence-corrected chi connectivity index (χ4v) is 2.50. The molecule has 0 radical (unpaired) electrons. The van der Waals surface area contributed by atoms with Gasteiger partial charge in [-0.1, -0.05) is 53.5 Å². The molecular formula is C17H19Cl2NO. The van der Waals surface area contributed by atoms with Crippen molar-refractivity contribution in [2.45, 2.75) is 26.1 Å². The number of rotatable bonds is 6. The van der Waals surface area contributed by atoms with Gasteiger partial charge in [-0.3, -0.25) is 0 Å². The van der Waals surface area contributed by atoms with Crippen LogP contribution >= 0.6 is 23.2 Å². The van der Waals surface area contributed by atoms with E-state index in [0.717, 1.165) is 12.1 Å². The molecule has 0 aromatic heterocycles. The first kappa shape index (κ1) is 16.3. The zero-order valence-corrected chi connectivity index (χ0v) is 13.7. The molecule has 0 spiro atoms. The molecule has 0 amide bonds. The number of nitrogens with one attached hydrogen (secondary N) is 1. The summed E-state index contributed by atoms with van der Waals surface area (Å²) in [4.78, 5) is 0. The van der Waals surface area contributed by atoms with E-state index in [1.54, 1.807) is 7.11 Å². The topological polar surface area (TPSA) is 21.3 Å². The normalized spacial score (nSPS) is 12.4. The highest BCUT2D eigenvalue weighted by atomic mass is 35.5. The van der Waals surface area contributed by atoms with Gasteiger partial charge in [0.1, 0.15) is 0 Å². The van der Waals surface area contributed by atoms with Crippen LogP contribution in [0.2, 0.25) is 10.0 Å². The minimum Gasteiger partial charge on any atom is -0.380 e. The quantitative estimate of drug-likeness (QED) is 0.808. The van der Waals surface area contributed by atoms with Gasteiger partial charge in [-0.05, 0) is 35.7 Å². The van der Waals surface area contributed by atoms with Crippen molar-refractivity contribution in [3.05, 3.63) is 69.2 Å². The van der Waals surface area contributed by atoms with Gasteiger partial charge in [-0.25, -0.2) is 0 Å². The lowest BCUT2D eigenvalue weighted by atomic mass is 10.1. The van der Waals surface area contributed by atoms with Crippen LogP contribution in [0.3, 0.4) is 0 Å². The second-order valence-corrected chi connectivity index (χ2v) is 5.79. The molecule has 4 heteroatoms. The molecule has 2 nitrogen and oxygen atoms in total. The molecule has 2 rings (SSSR count). The number of hydrogen-bond donors (Lipinski definition) is 1. The van der Waals surface area contributed by atoms with Crippen LogP contribution in [0.5, 0.6) is 0 Å². The zero-order chi connectivity index (χ0) is 15.2. The Morgan fingerprint density at radius 1 is 1.05 bits per heavy atom. The van der Waals surface area contributed by atoms with Gasteiger partial charge in [-0.2, -0.15) is 0 Å². The summed E-state index contributed by atoms with van der Waals surface area (Å²) in [6.45, 7) is 3.51. The molecule has 21 heavy (non-hydrogen) atoms. The molecule has 0 aliphatic carbocycles. The molecular weight excluding hydrogens is 305 g/mol. The molecule has 2 aromatic rings. The monoisotopic (exact) mass is 323 g/mol. The Bertz CT molecular complexity index is 601. The van der Waals surface area contributed by atoms with Crippen LogP contribution in [-0.2, 0) is 17.9 Å². The maximum Gasteiger partial charge on any atom is 0.0716 e. The number of hydrogen-bond acceptors (Lipinski definition) is 2. The van der Waals surface area contributed by atoms with Crippen LogP contribution in [0.15, 0.2) is 42.5 Å². The first-order chi connectivity index (χ1) is 10.1. The largest absolute Gasteiger partial charge is 0.380 e. The van der Waals surface area contributed by atoms with E-state index in [2.05, 4.69) is 24.4 Å². The standard InChI is InChI=1S/C17H19Cl2NO/c1-12(13-7-8-16(18)17(19)9-13)20-10-14-5-3-4-6-15(14)11-21-2/h3-9,12,20H,10-11H2,1-2H3. The number of ether oxygens (including phenoxy) is 1. The predicted octanol–water partition coefficient (Wildman–Crippen LogP) is 4.99. The lowest BCUT2D eigenvalue weighted by molar-refractivity contribution is 0.184. The van der Waals surface area contributed by atoms with Crippen molar-refractivity contribution in [3.63, 3.8) is 0 Å². The summed E-state index contributed by atoms with van der Waals surface area (Å²) in [7, 11) is 1.71. The van der Waals surface area contributed by atoms with Crippen molar-refractivity contribution in [1.82, 2.24) is 5.32 Å². The molecule has 1 N–H and O–H groups in total. The molecule has 0 aliphatic rings. The Balaban J connectivity index is 2.03. The van der Waals surface area contributed by atoms with Crippen LogP contribution < -0.4 is 5.32 Å². The van der Waals surface area contributed by atoms with E-state index >= 15 is 0 Å². The first-order valence-corrected chi connectivity index (χ1v) is 7.61. The number of methoxy groups -OCH3 is 1. The van der Waals surface area contributed by atoms with Gasteiger partial charge in [0.05, 0.1) is 16.7 Å². The van der Waals surface area contributed by atoms with Crippen LogP contribution in [0.4, 0.5) is 0 Å². The van der Waals surface area contributed by atoms with Gasteiger partial charge < -0.3 is 10.1 Å². The third-order valence-electron chi connectivity index (χ3n) is 3.46. The van der Waals surface area contributed by atoms with Crippen LogP contribution in [0.25, 0.3) is 0 Å². The fourth-order valence-electron chi connectivity index (χ4n) is 2.19. The van der Waals surface area contributed by atoms with Crippen LogP contribution in [0.1, 0.15) is 29.7 Å². The van der Waals surface area contributed by atoms with E-state index in [0.29, 0.717) is 16.7 Å². The number of benzene rings is 2. The van der Waals surface area contributed by atoms with Gasteiger partial charge in [0.15, 0.2) is 0 Å². The lowest BCUT2D eigenvalue weighted by Gasteiger charge is -2.16. The smallest absolute Gasteiger partial charge is 0.0716 e. The van der Waals surface area contributed by atoms with E-state index in [4.69, 9.17) is 27.9 Å². The van der Waals surface area contributed by atoms with E-state index in [1.807, 2.05) is 30.3 Å². The van der Waals surface area contributed by atoms with E-state index < -0.39 is 0 Å². The summed E-state index contributed by atoms with van der Waals surface area (Å²) in [6.07, 6.45) is 0. The Morgan fingerprint density at radius 3 is 2.43 bits per heavy atom. The highest BCUT2D eigenvalue weighted by molar-refractivity contribution is 6.42. The van der Waals surface area contributed by atoms with Crippen molar-refractivity contribution in [2.75, 3.05) is 7.11 Å². The number of halogens is 2. The Hall–Kier alpha value is -1.06. The van der Waals surface area contributed by atoms with Crippen LogP contribution in [-0.4, -0.2) is 7.11 Å². The first-order valence-electron chi connectivity index (χ1n) is 6.86. The molecule has 0 fully saturated rings. The second kappa shape index (κ2) is 7.81. The van der Waals surface area contributed by atoms with E-state index in [-0.39, 0.29) is 6.04 Å². The SMILES string of the molecule is COCc1ccccc1CNC(C)c1ccc(Cl)c(Cl)c1. The maximum atomic E-state index is 6.07. The van der Waals surface area contributed by atoms with Gasteiger partial charge >= 0.3 is 0 Å². The van der Waals surface area contributed by atoms with Gasteiger partial charge in [0.2, 0.25) is 0 Å². The van der Waals surface area contributed by atoms with Crippen molar-refractivity contribution in [3.8, 4) is 0 Å². The summed E-state index contributed by atoms with van der Waals surface area (Å²) >= 11 is 12.0. The van der Waals surface area contributed by atoms with Crippen molar-refractivity contribution in [1.29, 1.82) is 0 Å². The summed E-state index contributed by atoms with van der Waals surface area (Å²) in [5, 5.41) is 4.67. The van der Waals surface area contributed by atoms with Crippen molar-refractivity contribution < 1.29 is 4.74 Å². The summed E-state index contributed by atoms with van der Waals surface area (Å²) in [5.74, 6) is 0. The molecule has 112 valence electrons. The predicted molar refractivity (Wildman–Crippen MR) is 88.9 cm³/mol. The Morgan fingerprint density at radius 2 is 1.76 bits per heavy atom. The molecule has 0 heterocycles. The van der Waals surface area contributed by atoms with E-state index in [9.17, 15) is 0 Å². The van der Waals surface area contributed by atoms with Crippen molar-refractivity contribution >= 4 is 23.2 Å². The average Bonchev–Trinajstić information content (AvgIpc) is 2.49. The van der Waals surface area contributed by atoms with Crippen molar-refractivity contribution in [2.24, 2.45) is 0 Å². The maximum absolute atomic E-state index is 6.07. The lowest BCUT2D eigenvalue weighted by Crippen LogP contribution is -2.19. The fraction of sp³-hybridized carbons (Fsp3) is 0.294. The average molecular weight is 324 g/mol. The molecule has 0 saturated carbocycles. The Kier molecular flexibility index (Phi) is 6.07. The highest BCUT2D eigenvalue weighted by Crippen LogP contribution is 2.25. The molecule has 1 atom stereocenters. The third-order valence-corrected chi connectivity index (χ3v) is 4.20. The Labute approximate surface area is 136 Å². The molecule has 0 aliphatic heterocycles. The molecule has 0 saturated heterocycles. The van der Waals surface area contributed by atoms with Crippen LogP contribution in [0, 0.1) is 0 Å². The van der Waals surface area contributed by atoms with Gasteiger partial charge in [0.25, 0.3) is 0 Å². The molecule has 0 bridgehead atoms. The molecule has 2 aromatic carbocycles. The zero-order valence-electron chi connectivity index (χ0n) is 12.2. The second-order valence-electron chi connectivity index (χ2n) is 4.98. The van der Waals surface area contributed by atoms with E-state index in [1.165, 1.54) is 11.1 Å². The molecule has 1 unspecified atom stereocenters. The van der Waals surface area contributed by atoms with Gasteiger partial charge in [-0.15, -0.1) is 0 Å². The summed E-state index contributed by atoms with van der Waals surface area (Å²) in [6, 6.07) is 14.2. The summed E-state index contributed by atoms with van der Waals surface area (Å²) in [5.41, 5.74) is 3.56. The minimum atomic E-state index is 0.190. The third kappa shape index (κ3) is 4.45. The van der Waals surface area contributed by atoms with Gasteiger partial charge in [0, 0.05) is 19.7 Å².